The number of nitrogens with two attached hydrogens (primary N) is 1. The molecular weight excluding hydrogens is 495 g/mol. The SMILES string of the molecule is NC(=O)N(C(=O)c1ccc(Cl)cc1)C(C(=O)NC1CN(S(=O)(=O)O)C1=O)c1cccs1.[NaH]. The van der Waals surface area contributed by atoms with Crippen LogP contribution in [-0.4, -0.2) is 88.1 Å². The van der Waals surface area contributed by atoms with Gasteiger partial charge in [0.05, 0.1) is 6.54 Å². The minimum absolute atomic E-state index is 0. The number of nitrogens with one attached hydrogen (secondary N) is 1. The van der Waals surface area contributed by atoms with Crippen LogP contribution in [0.15, 0.2) is 41.8 Å². The molecule has 1 aliphatic heterocycles. The van der Waals surface area contributed by atoms with E-state index in [4.69, 9.17) is 21.9 Å². The summed E-state index contributed by atoms with van der Waals surface area (Å²) in [6.45, 7) is -0.498. The normalized spacial score (nSPS) is 16.4. The van der Waals surface area contributed by atoms with Crippen molar-refractivity contribution < 1.29 is 32.1 Å². The number of β-lactam (4-membered cyclic amide) rings is 1. The molecule has 1 aromatic heterocycles. The Morgan fingerprint density at radius 3 is 2.34 bits per heavy atom. The Balaban J connectivity index is 0.00000363. The van der Waals surface area contributed by atoms with Crippen molar-refractivity contribution in [3.63, 3.8) is 0 Å². The Hall–Kier alpha value is -2.00. The van der Waals surface area contributed by atoms with Crippen molar-refractivity contribution in [3.8, 4) is 0 Å². The molecule has 0 spiro atoms. The number of halogens is 1. The van der Waals surface area contributed by atoms with Crippen molar-refractivity contribution >= 4 is 86.6 Å². The maximum atomic E-state index is 13.0. The Labute approximate surface area is 213 Å². The second-order valence-corrected chi connectivity index (χ2v) is 9.10. The van der Waals surface area contributed by atoms with Crippen LogP contribution < -0.4 is 11.1 Å². The molecule has 15 heteroatoms. The molecule has 2 unspecified atom stereocenters. The molecule has 2 atom stereocenters. The van der Waals surface area contributed by atoms with Gasteiger partial charge in [0.15, 0.2) is 6.04 Å². The van der Waals surface area contributed by atoms with Crippen LogP contribution in [0.4, 0.5) is 4.79 Å². The van der Waals surface area contributed by atoms with E-state index < -0.39 is 52.7 Å². The van der Waals surface area contributed by atoms with Gasteiger partial charge in [-0.05, 0) is 35.7 Å². The first-order valence-electron chi connectivity index (χ1n) is 8.52. The number of hydrogen-bond donors (Lipinski definition) is 3. The standard InChI is InChI=1S/C17H15ClN4O7S2.Na.H/c18-10-5-3-9(4-6-10)15(24)22(17(19)26)13(12-2-1-7-30-12)14(23)20-11-8-21(16(11)25)31(27,28)29;;/h1-7,11,13H,8H2,(H2,19,26)(H,20,23)(H,27,28,29);;. The molecule has 166 valence electrons. The number of amides is 5. The van der Waals surface area contributed by atoms with Gasteiger partial charge in [-0.25, -0.2) is 14.0 Å². The minimum atomic E-state index is -4.75. The molecule has 0 aliphatic carbocycles. The first-order valence-corrected chi connectivity index (χ1v) is 11.2. The van der Waals surface area contributed by atoms with E-state index in [0.717, 1.165) is 11.3 Å². The van der Waals surface area contributed by atoms with Gasteiger partial charge in [-0.1, -0.05) is 17.7 Å². The summed E-state index contributed by atoms with van der Waals surface area (Å²) in [5.41, 5.74) is 5.45. The van der Waals surface area contributed by atoms with Gasteiger partial charge < -0.3 is 11.1 Å². The van der Waals surface area contributed by atoms with Crippen LogP contribution in [0.2, 0.25) is 5.02 Å². The van der Waals surface area contributed by atoms with Gasteiger partial charge in [0.25, 0.3) is 11.8 Å². The van der Waals surface area contributed by atoms with Gasteiger partial charge in [-0.15, -0.1) is 11.3 Å². The molecule has 1 fully saturated rings. The monoisotopic (exact) mass is 510 g/mol. The van der Waals surface area contributed by atoms with E-state index in [-0.39, 0.29) is 44.3 Å². The molecule has 2 heterocycles. The summed E-state index contributed by atoms with van der Waals surface area (Å²) in [5, 5.41) is 4.24. The topological polar surface area (TPSA) is 167 Å². The van der Waals surface area contributed by atoms with Gasteiger partial charge in [0, 0.05) is 15.5 Å². The Morgan fingerprint density at radius 2 is 1.88 bits per heavy atom. The molecule has 0 bridgehead atoms. The number of urea groups is 1. The fourth-order valence-corrected chi connectivity index (χ4v) is 4.49. The van der Waals surface area contributed by atoms with E-state index in [0.29, 0.717) is 9.92 Å². The van der Waals surface area contributed by atoms with Crippen molar-refractivity contribution in [1.82, 2.24) is 14.5 Å². The summed E-state index contributed by atoms with van der Waals surface area (Å²) in [5.74, 6) is -2.87. The van der Waals surface area contributed by atoms with E-state index in [9.17, 15) is 27.6 Å². The Bertz CT molecular complexity index is 1140. The number of imide groups is 1. The van der Waals surface area contributed by atoms with Crippen molar-refractivity contribution in [2.24, 2.45) is 5.73 Å². The molecule has 1 aliphatic rings. The third kappa shape index (κ3) is 5.49. The van der Waals surface area contributed by atoms with Gasteiger partial charge >= 0.3 is 45.9 Å². The quantitative estimate of drug-likeness (QED) is 0.282. The summed E-state index contributed by atoms with van der Waals surface area (Å²) < 4.78 is 31.3. The molecular formula is C17H16ClN4NaO7S2. The second kappa shape index (κ2) is 10.3. The van der Waals surface area contributed by atoms with E-state index >= 15 is 0 Å². The molecule has 11 nitrogen and oxygen atoms in total. The van der Waals surface area contributed by atoms with Crippen LogP contribution in [0, 0.1) is 0 Å². The number of hydrogen-bond acceptors (Lipinski definition) is 7. The number of carbonyl (C=O) groups is 4. The van der Waals surface area contributed by atoms with Crippen LogP contribution >= 0.6 is 22.9 Å². The van der Waals surface area contributed by atoms with Crippen molar-refractivity contribution in [2.75, 3.05) is 6.54 Å². The van der Waals surface area contributed by atoms with E-state index in [1.807, 2.05) is 0 Å². The van der Waals surface area contributed by atoms with Gasteiger partial charge in [-0.2, -0.15) is 8.42 Å². The van der Waals surface area contributed by atoms with Crippen LogP contribution in [0.5, 0.6) is 0 Å². The summed E-state index contributed by atoms with van der Waals surface area (Å²) in [7, 11) is -4.75. The molecule has 0 saturated carbocycles. The van der Waals surface area contributed by atoms with Gasteiger partial charge in [0.2, 0.25) is 5.91 Å². The number of carbonyl (C=O) groups excluding carboxylic acids is 4. The number of thiophene rings is 1. The van der Waals surface area contributed by atoms with Crippen molar-refractivity contribution in [3.05, 3.63) is 57.2 Å². The van der Waals surface area contributed by atoms with Crippen LogP contribution in [0.1, 0.15) is 21.3 Å². The number of benzene rings is 1. The zero-order valence-electron chi connectivity index (χ0n) is 15.5. The van der Waals surface area contributed by atoms with Crippen molar-refractivity contribution in [1.29, 1.82) is 0 Å². The van der Waals surface area contributed by atoms with Crippen LogP contribution in [0.3, 0.4) is 0 Å². The predicted octanol–water partition coefficient (Wildman–Crippen LogP) is 0.145. The number of nitrogens with zero attached hydrogens (tertiary/aromatic N) is 2. The summed E-state index contributed by atoms with van der Waals surface area (Å²) >= 11 is 6.88. The van der Waals surface area contributed by atoms with Gasteiger partial charge in [0.1, 0.15) is 6.04 Å². The molecule has 1 aromatic carbocycles. The first kappa shape index (κ1) is 26.3. The Morgan fingerprint density at radius 1 is 1.25 bits per heavy atom. The number of rotatable bonds is 6. The molecule has 3 rings (SSSR count). The summed E-state index contributed by atoms with van der Waals surface area (Å²) in [6, 6.07) is 4.62. The van der Waals surface area contributed by atoms with E-state index in [2.05, 4.69) is 5.32 Å². The summed E-state index contributed by atoms with van der Waals surface area (Å²) in [4.78, 5) is 50.9. The summed E-state index contributed by atoms with van der Waals surface area (Å²) in [6.07, 6.45) is 0. The zero-order chi connectivity index (χ0) is 22.9. The van der Waals surface area contributed by atoms with Crippen LogP contribution in [-0.2, 0) is 19.9 Å². The average Bonchev–Trinajstić information content (AvgIpc) is 3.21. The first-order chi connectivity index (χ1) is 14.5. The third-order valence-corrected chi connectivity index (χ3v) is 6.42. The maximum absolute atomic E-state index is 13.0. The fraction of sp³-hybridized carbons (Fsp3) is 0.176. The van der Waals surface area contributed by atoms with Gasteiger partial charge in [-0.3, -0.25) is 18.9 Å². The fourth-order valence-electron chi connectivity index (χ4n) is 2.86. The predicted molar refractivity (Wildman–Crippen MR) is 117 cm³/mol. The van der Waals surface area contributed by atoms with E-state index in [1.54, 1.807) is 11.4 Å². The zero-order valence-corrected chi connectivity index (χ0v) is 17.9. The molecule has 4 N–H and O–H groups in total. The average molecular weight is 511 g/mol. The molecule has 1 saturated heterocycles. The molecule has 2 aromatic rings. The van der Waals surface area contributed by atoms with Crippen molar-refractivity contribution in [2.45, 2.75) is 12.1 Å². The molecule has 5 amide bonds. The second-order valence-electron chi connectivity index (χ2n) is 6.35. The molecule has 32 heavy (non-hydrogen) atoms. The van der Waals surface area contributed by atoms with E-state index in [1.165, 1.54) is 30.3 Å². The van der Waals surface area contributed by atoms with Crippen LogP contribution in [0.25, 0.3) is 0 Å². The third-order valence-electron chi connectivity index (χ3n) is 4.35. The Kier molecular flexibility index (Phi) is 8.44. The number of primary amides is 1. The molecule has 0 radical (unpaired) electrons.